The predicted molar refractivity (Wildman–Crippen MR) is 86.6 cm³/mol. The molecule has 1 unspecified atom stereocenters. The number of amides is 1. The van der Waals surface area contributed by atoms with Crippen LogP contribution in [-0.4, -0.2) is 17.6 Å². The molecule has 0 aliphatic carbocycles. The van der Waals surface area contributed by atoms with Crippen LogP contribution in [0.1, 0.15) is 40.0 Å². The van der Waals surface area contributed by atoms with Gasteiger partial charge in [0.15, 0.2) is 0 Å². The smallest absolute Gasteiger partial charge is 0.252 e. The number of rotatable bonds is 5. The maximum atomic E-state index is 12.0. The molecule has 2 N–H and O–H groups in total. The van der Waals surface area contributed by atoms with Gasteiger partial charge in [0.2, 0.25) is 0 Å². The maximum absolute atomic E-state index is 12.0. The first kappa shape index (κ1) is 16.9. The summed E-state index contributed by atoms with van der Waals surface area (Å²) >= 11 is 11.8. The Morgan fingerprint density at radius 1 is 1.32 bits per heavy atom. The van der Waals surface area contributed by atoms with E-state index in [4.69, 9.17) is 27.6 Å². The Kier molecular flexibility index (Phi) is 5.51. The Bertz CT molecular complexity index is 682. The summed E-state index contributed by atoms with van der Waals surface area (Å²) in [5.41, 5.74) is 1.10. The molecule has 1 atom stereocenters. The molecule has 22 heavy (non-hydrogen) atoms. The van der Waals surface area contributed by atoms with Crippen LogP contribution in [0.5, 0.6) is 0 Å². The molecule has 1 heterocycles. The molecule has 0 aliphatic heterocycles. The lowest BCUT2D eigenvalue weighted by atomic mass is 10.1. The number of benzene rings is 1. The van der Waals surface area contributed by atoms with Crippen LogP contribution < -0.4 is 5.32 Å². The third kappa shape index (κ3) is 4.03. The van der Waals surface area contributed by atoms with E-state index < -0.39 is 6.10 Å². The van der Waals surface area contributed by atoms with E-state index in [1.807, 2.05) is 6.92 Å². The van der Waals surface area contributed by atoms with Crippen LogP contribution in [0.3, 0.4) is 0 Å². The molecule has 0 fully saturated rings. The second kappa shape index (κ2) is 7.18. The number of hydrogen-bond donors (Lipinski definition) is 2. The van der Waals surface area contributed by atoms with Crippen LogP contribution in [0, 0.1) is 13.8 Å². The van der Waals surface area contributed by atoms with Gasteiger partial charge in [0, 0.05) is 17.1 Å². The summed E-state index contributed by atoms with van der Waals surface area (Å²) in [6.07, 6.45) is -0.296. The van der Waals surface area contributed by atoms with Gasteiger partial charge in [-0.15, -0.1) is 0 Å². The number of aliphatic hydroxyl groups excluding tert-OH is 1. The van der Waals surface area contributed by atoms with Gasteiger partial charge in [-0.2, -0.15) is 0 Å². The average molecular weight is 342 g/mol. The summed E-state index contributed by atoms with van der Waals surface area (Å²) in [5, 5.41) is 13.6. The van der Waals surface area contributed by atoms with Crippen molar-refractivity contribution in [3.8, 4) is 0 Å². The first-order valence-electron chi connectivity index (χ1n) is 6.86. The molecule has 0 aliphatic rings. The zero-order valence-electron chi connectivity index (χ0n) is 12.3. The van der Waals surface area contributed by atoms with Gasteiger partial charge in [-0.1, -0.05) is 23.2 Å². The van der Waals surface area contributed by atoms with Gasteiger partial charge in [-0.3, -0.25) is 4.79 Å². The van der Waals surface area contributed by atoms with Crippen LogP contribution in [0.2, 0.25) is 10.0 Å². The molecule has 1 amide bonds. The Hall–Kier alpha value is -1.49. The molecule has 0 saturated carbocycles. The Balaban J connectivity index is 1.90. The van der Waals surface area contributed by atoms with Gasteiger partial charge < -0.3 is 14.8 Å². The standard InChI is InChI=1S/C16H17Cl2NO3/c1-9-7-13(10(2)22-9)15(20)5-6-19-16(21)12-4-3-11(17)8-14(12)18/h3-4,7-8,15,20H,5-6H2,1-2H3,(H,19,21). The number of hydrogen-bond acceptors (Lipinski definition) is 3. The fourth-order valence-electron chi connectivity index (χ4n) is 2.23. The van der Waals surface area contributed by atoms with Gasteiger partial charge in [0.05, 0.1) is 16.7 Å². The van der Waals surface area contributed by atoms with Gasteiger partial charge in [-0.25, -0.2) is 0 Å². The zero-order valence-corrected chi connectivity index (χ0v) is 13.8. The quantitative estimate of drug-likeness (QED) is 0.861. The second-order valence-electron chi connectivity index (χ2n) is 5.05. The maximum Gasteiger partial charge on any atom is 0.252 e. The fourth-order valence-corrected chi connectivity index (χ4v) is 2.72. The van der Waals surface area contributed by atoms with Crippen LogP contribution in [0.25, 0.3) is 0 Å². The molecule has 0 saturated heterocycles. The Labute approximate surface area is 139 Å². The molecular weight excluding hydrogens is 325 g/mol. The van der Waals surface area contributed by atoms with Gasteiger partial charge in [0.1, 0.15) is 11.5 Å². The zero-order chi connectivity index (χ0) is 16.3. The average Bonchev–Trinajstić information content (AvgIpc) is 2.77. The van der Waals surface area contributed by atoms with Crippen molar-refractivity contribution in [2.75, 3.05) is 6.54 Å². The van der Waals surface area contributed by atoms with Crippen LogP contribution in [-0.2, 0) is 0 Å². The molecule has 0 radical (unpaired) electrons. The number of nitrogens with one attached hydrogen (secondary N) is 1. The van der Waals surface area contributed by atoms with E-state index in [-0.39, 0.29) is 5.91 Å². The SMILES string of the molecule is Cc1cc(C(O)CCNC(=O)c2ccc(Cl)cc2Cl)c(C)o1. The Morgan fingerprint density at radius 2 is 2.05 bits per heavy atom. The summed E-state index contributed by atoms with van der Waals surface area (Å²) in [4.78, 5) is 12.0. The summed E-state index contributed by atoms with van der Waals surface area (Å²) in [6.45, 7) is 3.95. The molecule has 2 aromatic rings. The van der Waals surface area contributed by atoms with Crippen molar-refractivity contribution in [2.24, 2.45) is 0 Å². The number of aliphatic hydroxyl groups is 1. The van der Waals surface area contributed by atoms with Gasteiger partial charge >= 0.3 is 0 Å². The minimum atomic E-state index is -0.682. The third-order valence-electron chi connectivity index (χ3n) is 3.32. The van der Waals surface area contributed by atoms with E-state index in [1.54, 1.807) is 25.1 Å². The molecule has 4 nitrogen and oxygen atoms in total. The van der Waals surface area contributed by atoms with Crippen LogP contribution >= 0.6 is 23.2 Å². The lowest BCUT2D eigenvalue weighted by molar-refractivity contribution is 0.0942. The van der Waals surface area contributed by atoms with Crippen molar-refractivity contribution >= 4 is 29.1 Å². The van der Waals surface area contributed by atoms with E-state index in [2.05, 4.69) is 5.32 Å². The molecule has 6 heteroatoms. The summed E-state index contributed by atoms with van der Waals surface area (Å²) < 4.78 is 5.38. The topological polar surface area (TPSA) is 62.5 Å². The van der Waals surface area contributed by atoms with Crippen molar-refractivity contribution in [1.82, 2.24) is 5.32 Å². The fraction of sp³-hybridized carbons (Fsp3) is 0.312. The highest BCUT2D eigenvalue weighted by atomic mass is 35.5. The third-order valence-corrected chi connectivity index (χ3v) is 3.87. The van der Waals surface area contributed by atoms with E-state index in [0.717, 1.165) is 11.3 Å². The van der Waals surface area contributed by atoms with E-state index in [9.17, 15) is 9.90 Å². The lowest BCUT2D eigenvalue weighted by Crippen LogP contribution is -2.26. The molecular formula is C16H17Cl2NO3. The van der Waals surface area contributed by atoms with Crippen molar-refractivity contribution in [1.29, 1.82) is 0 Å². The summed E-state index contributed by atoms with van der Waals surface area (Å²) in [5.74, 6) is 1.15. The molecule has 1 aromatic carbocycles. The molecule has 0 spiro atoms. The molecule has 2 rings (SSSR count). The summed E-state index contributed by atoms with van der Waals surface area (Å²) in [7, 11) is 0. The van der Waals surface area contributed by atoms with Crippen molar-refractivity contribution < 1.29 is 14.3 Å². The highest BCUT2D eigenvalue weighted by molar-refractivity contribution is 6.36. The number of halogens is 2. The predicted octanol–water partition coefficient (Wildman–Crippen LogP) is 4.06. The minimum Gasteiger partial charge on any atom is -0.466 e. The van der Waals surface area contributed by atoms with Crippen molar-refractivity contribution in [2.45, 2.75) is 26.4 Å². The molecule has 1 aromatic heterocycles. The van der Waals surface area contributed by atoms with E-state index >= 15 is 0 Å². The van der Waals surface area contributed by atoms with E-state index in [0.29, 0.717) is 34.3 Å². The van der Waals surface area contributed by atoms with Crippen LogP contribution in [0.4, 0.5) is 0 Å². The second-order valence-corrected chi connectivity index (χ2v) is 5.90. The van der Waals surface area contributed by atoms with Gasteiger partial charge in [0.25, 0.3) is 5.91 Å². The monoisotopic (exact) mass is 341 g/mol. The van der Waals surface area contributed by atoms with Gasteiger partial charge in [-0.05, 0) is 44.5 Å². The number of aryl methyl sites for hydroxylation is 2. The molecule has 0 bridgehead atoms. The minimum absolute atomic E-state index is 0.297. The van der Waals surface area contributed by atoms with Crippen LogP contribution in [0.15, 0.2) is 28.7 Å². The largest absolute Gasteiger partial charge is 0.466 e. The van der Waals surface area contributed by atoms with E-state index in [1.165, 1.54) is 6.07 Å². The van der Waals surface area contributed by atoms with Crippen molar-refractivity contribution in [3.05, 3.63) is 57.0 Å². The highest BCUT2D eigenvalue weighted by Gasteiger charge is 2.15. The number of carbonyl (C=O) groups is 1. The lowest BCUT2D eigenvalue weighted by Gasteiger charge is -2.11. The normalized spacial score (nSPS) is 12.2. The highest BCUT2D eigenvalue weighted by Crippen LogP contribution is 2.24. The summed E-state index contributed by atoms with van der Waals surface area (Å²) in [6, 6.07) is 6.50. The van der Waals surface area contributed by atoms with Crippen molar-refractivity contribution in [3.63, 3.8) is 0 Å². The molecule has 118 valence electrons. The number of furan rings is 1. The Morgan fingerprint density at radius 3 is 2.64 bits per heavy atom. The first-order valence-corrected chi connectivity index (χ1v) is 7.62. The number of carbonyl (C=O) groups excluding carboxylic acids is 1. The first-order chi connectivity index (χ1) is 10.4.